The van der Waals surface area contributed by atoms with Gasteiger partial charge in [-0.25, -0.2) is 0 Å². The van der Waals surface area contributed by atoms with Crippen molar-refractivity contribution in [3.8, 4) is 6.07 Å². The Bertz CT molecular complexity index is 623. The van der Waals surface area contributed by atoms with Crippen LogP contribution >= 0.6 is 0 Å². The molecular formula is C19H29N3O2. The third-order valence-electron chi connectivity index (χ3n) is 4.10. The number of hydrogen-bond donors (Lipinski definition) is 1. The summed E-state index contributed by atoms with van der Waals surface area (Å²) >= 11 is 0. The molecule has 1 aromatic heterocycles. The molecule has 132 valence electrons. The molecule has 0 radical (unpaired) electrons. The minimum atomic E-state index is -0.302. The first kappa shape index (κ1) is 20.0. The molecule has 0 aliphatic heterocycles. The summed E-state index contributed by atoms with van der Waals surface area (Å²) in [5.41, 5.74) is 3.16. The van der Waals surface area contributed by atoms with Gasteiger partial charge >= 0.3 is 0 Å². The molecule has 0 fully saturated rings. The predicted molar refractivity (Wildman–Crippen MR) is 96.6 cm³/mol. The minimum Gasteiger partial charge on any atom is -0.383 e. The number of nitrogens with one attached hydrogen (secondary N) is 1. The molecule has 1 atom stereocenters. The van der Waals surface area contributed by atoms with Gasteiger partial charge in [0.15, 0.2) is 0 Å². The smallest absolute Gasteiger partial charge is 0.261 e. The molecule has 1 heterocycles. The van der Waals surface area contributed by atoms with Crippen molar-refractivity contribution in [3.05, 3.63) is 28.6 Å². The minimum absolute atomic E-state index is 0.145. The Morgan fingerprint density at radius 1 is 1.46 bits per heavy atom. The lowest BCUT2D eigenvalue weighted by molar-refractivity contribution is -0.117. The maximum absolute atomic E-state index is 12.2. The van der Waals surface area contributed by atoms with E-state index < -0.39 is 0 Å². The molecule has 0 saturated carbocycles. The quantitative estimate of drug-likeness (QED) is 0.428. The van der Waals surface area contributed by atoms with E-state index in [1.165, 1.54) is 0 Å². The molecule has 1 rings (SSSR count). The number of rotatable bonds is 9. The van der Waals surface area contributed by atoms with Gasteiger partial charge in [0.1, 0.15) is 11.6 Å². The van der Waals surface area contributed by atoms with Gasteiger partial charge in [-0.15, -0.1) is 0 Å². The van der Waals surface area contributed by atoms with E-state index in [1.54, 1.807) is 13.2 Å². The molecule has 0 aliphatic carbocycles. The van der Waals surface area contributed by atoms with Gasteiger partial charge in [-0.05, 0) is 44.9 Å². The van der Waals surface area contributed by atoms with E-state index in [9.17, 15) is 10.1 Å². The molecule has 5 nitrogen and oxygen atoms in total. The predicted octanol–water partition coefficient (Wildman–Crippen LogP) is 3.53. The second-order valence-corrected chi connectivity index (χ2v) is 6.13. The van der Waals surface area contributed by atoms with Crippen molar-refractivity contribution in [2.75, 3.05) is 20.3 Å². The number of aryl methyl sites for hydroxylation is 1. The van der Waals surface area contributed by atoms with Crippen LogP contribution in [0.2, 0.25) is 0 Å². The highest BCUT2D eigenvalue weighted by atomic mass is 16.5. The van der Waals surface area contributed by atoms with Gasteiger partial charge in [0.05, 0.1) is 12.6 Å². The third kappa shape index (κ3) is 5.24. The van der Waals surface area contributed by atoms with Crippen LogP contribution in [0.4, 0.5) is 0 Å². The number of ether oxygens (including phenoxy) is 1. The molecular weight excluding hydrogens is 302 g/mol. The molecule has 0 aliphatic rings. The Kier molecular flexibility index (Phi) is 8.28. The first-order chi connectivity index (χ1) is 11.5. The lowest BCUT2D eigenvalue weighted by Crippen LogP contribution is -2.25. The summed E-state index contributed by atoms with van der Waals surface area (Å²) in [6, 6.07) is 4.22. The van der Waals surface area contributed by atoms with Crippen molar-refractivity contribution in [1.82, 2.24) is 9.88 Å². The highest BCUT2D eigenvalue weighted by Crippen LogP contribution is 2.22. The average molecular weight is 331 g/mol. The second kappa shape index (κ2) is 9.94. The van der Waals surface area contributed by atoms with Crippen LogP contribution in [0.25, 0.3) is 6.08 Å². The van der Waals surface area contributed by atoms with Gasteiger partial charge in [0, 0.05) is 25.0 Å². The highest BCUT2D eigenvalue weighted by Gasteiger charge is 2.15. The Morgan fingerprint density at radius 2 is 2.17 bits per heavy atom. The largest absolute Gasteiger partial charge is 0.383 e. The molecule has 1 N–H and O–H groups in total. The van der Waals surface area contributed by atoms with E-state index in [1.807, 2.05) is 26.0 Å². The zero-order valence-electron chi connectivity index (χ0n) is 15.5. The van der Waals surface area contributed by atoms with Gasteiger partial charge in [-0.3, -0.25) is 4.79 Å². The van der Waals surface area contributed by atoms with E-state index in [2.05, 4.69) is 23.7 Å². The van der Waals surface area contributed by atoms with Crippen molar-refractivity contribution in [1.29, 1.82) is 5.26 Å². The number of unbranched alkanes of at least 4 members (excludes halogenated alkanes) is 2. The standard InChI is InChI=1S/C19H29N3O2/c1-6-7-8-9-21-19(23)18(12-20)11-17-10-14(2)22(16(17)4)15(3)13-24-5/h10-11,15H,6-9,13H2,1-5H3,(H,21,23)/b18-11+. The van der Waals surface area contributed by atoms with Crippen molar-refractivity contribution >= 4 is 12.0 Å². The van der Waals surface area contributed by atoms with Crippen LogP contribution in [0.1, 0.15) is 56.1 Å². The van der Waals surface area contributed by atoms with Crippen molar-refractivity contribution in [2.24, 2.45) is 0 Å². The monoisotopic (exact) mass is 331 g/mol. The van der Waals surface area contributed by atoms with Crippen LogP contribution in [0.5, 0.6) is 0 Å². The number of methoxy groups -OCH3 is 1. The van der Waals surface area contributed by atoms with Gasteiger partial charge < -0.3 is 14.6 Å². The van der Waals surface area contributed by atoms with Crippen LogP contribution in [0.3, 0.4) is 0 Å². The maximum atomic E-state index is 12.2. The number of nitriles is 1. The van der Waals surface area contributed by atoms with Gasteiger partial charge in [0.2, 0.25) is 0 Å². The summed E-state index contributed by atoms with van der Waals surface area (Å²) in [5, 5.41) is 12.1. The third-order valence-corrected chi connectivity index (χ3v) is 4.10. The van der Waals surface area contributed by atoms with E-state index in [0.717, 1.165) is 36.2 Å². The van der Waals surface area contributed by atoms with Crippen molar-refractivity contribution in [3.63, 3.8) is 0 Å². The fraction of sp³-hybridized carbons (Fsp3) is 0.579. The summed E-state index contributed by atoms with van der Waals surface area (Å²) in [6.07, 6.45) is 4.78. The fourth-order valence-corrected chi connectivity index (χ4v) is 2.92. The lowest BCUT2D eigenvalue weighted by Gasteiger charge is -2.17. The first-order valence-electron chi connectivity index (χ1n) is 8.53. The molecule has 5 heteroatoms. The van der Waals surface area contributed by atoms with Crippen LogP contribution in [-0.4, -0.2) is 30.7 Å². The van der Waals surface area contributed by atoms with Gasteiger partial charge in [0.25, 0.3) is 5.91 Å². The van der Waals surface area contributed by atoms with E-state index in [4.69, 9.17) is 4.74 Å². The van der Waals surface area contributed by atoms with Crippen molar-refractivity contribution in [2.45, 2.75) is 53.0 Å². The van der Waals surface area contributed by atoms with Crippen LogP contribution < -0.4 is 5.32 Å². The number of hydrogen-bond acceptors (Lipinski definition) is 3. The van der Waals surface area contributed by atoms with Crippen LogP contribution in [0, 0.1) is 25.2 Å². The van der Waals surface area contributed by atoms with Crippen LogP contribution in [0.15, 0.2) is 11.6 Å². The van der Waals surface area contributed by atoms with E-state index in [0.29, 0.717) is 13.2 Å². The van der Waals surface area contributed by atoms with E-state index >= 15 is 0 Å². The highest BCUT2D eigenvalue weighted by molar-refractivity contribution is 6.01. The van der Waals surface area contributed by atoms with Gasteiger partial charge in [-0.1, -0.05) is 19.8 Å². The Labute approximate surface area is 145 Å². The molecule has 0 bridgehead atoms. The number of nitrogens with zero attached hydrogens (tertiary/aromatic N) is 2. The summed E-state index contributed by atoms with van der Waals surface area (Å²) < 4.78 is 7.40. The number of carbonyl (C=O) groups is 1. The summed E-state index contributed by atoms with van der Waals surface area (Å²) in [6.45, 7) is 9.44. The Morgan fingerprint density at radius 3 is 2.75 bits per heavy atom. The average Bonchev–Trinajstić information content (AvgIpc) is 2.83. The first-order valence-corrected chi connectivity index (χ1v) is 8.53. The Balaban J connectivity index is 2.95. The lowest BCUT2D eigenvalue weighted by atomic mass is 10.1. The molecule has 1 unspecified atom stereocenters. The topological polar surface area (TPSA) is 67.0 Å². The molecule has 0 aromatic carbocycles. The number of aromatic nitrogens is 1. The normalized spacial score (nSPS) is 12.8. The zero-order valence-corrected chi connectivity index (χ0v) is 15.5. The molecule has 1 amide bonds. The van der Waals surface area contributed by atoms with Crippen LogP contribution in [-0.2, 0) is 9.53 Å². The molecule has 24 heavy (non-hydrogen) atoms. The maximum Gasteiger partial charge on any atom is 0.261 e. The summed E-state index contributed by atoms with van der Waals surface area (Å²) in [7, 11) is 1.68. The summed E-state index contributed by atoms with van der Waals surface area (Å²) in [5.74, 6) is -0.302. The Hall–Kier alpha value is -2.06. The SMILES string of the molecule is CCCCCNC(=O)/C(C#N)=C/c1cc(C)n(C(C)COC)c1C. The molecule has 0 spiro atoms. The second-order valence-electron chi connectivity index (χ2n) is 6.13. The molecule has 0 saturated heterocycles. The zero-order chi connectivity index (χ0) is 18.1. The fourth-order valence-electron chi connectivity index (χ4n) is 2.92. The van der Waals surface area contributed by atoms with Gasteiger partial charge in [-0.2, -0.15) is 5.26 Å². The summed E-state index contributed by atoms with van der Waals surface area (Å²) in [4.78, 5) is 12.2. The number of carbonyl (C=O) groups excluding carboxylic acids is 1. The van der Waals surface area contributed by atoms with Crippen molar-refractivity contribution < 1.29 is 9.53 Å². The molecule has 1 aromatic rings. The number of amides is 1. The van der Waals surface area contributed by atoms with E-state index in [-0.39, 0.29) is 17.5 Å².